The Morgan fingerprint density at radius 2 is 1.52 bits per heavy atom. The molecular weight excluding hydrogens is 364 g/mol. The Hall–Kier alpha value is -3.66. The Morgan fingerprint density at radius 3 is 2.07 bits per heavy atom. The van der Waals surface area contributed by atoms with Crippen molar-refractivity contribution in [3.8, 4) is 18.2 Å². The SMILES string of the molecule is CC1C2(c3ccccc3)OC(=N)C1(C#N)C(C#N)(C#N)C(Cc1ccccc1)O2. The van der Waals surface area contributed by atoms with Crippen molar-refractivity contribution in [2.24, 2.45) is 16.7 Å². The highest BCUT2D eigenvalue weighted by atomic mass is 16.7. The molecule has 2 fully saturated rings. The second kappa shape index (κ2) is 6.45. The van der Waals surface area contributed by atoms with E-state index >= 15 is 0 Å². The Kier molecular flexibility index (Phi) is 4.16. The molecule has 0 aliphatic carbocycles. The fourth-order valence-electron chi connectivity index (χ4n) is 4.65. The number of benzene rings is 2. The first-order valence-electron chi connectivity index (χ1n) is 9.30. The van der Waals surface area contributed by atoms with Gasteiger partial charge in [-0.1, -0.05) is 67.6 Å². The zero-order valence-corrected chi connectivity index (χ0v) is 15.8. The van der Waals surface area contributed by atoms with Crippen molar-refractivity contribution >= 4 is 5.90 Å². The topological polar surface area (TPSA) is 114 Å². The van der Waals surface area contributed by atoms with Crippen LogP contribution in [0, 0.1) is 56.2 Å². The first-order valence-corrected chi connectivity index (χ1v) is 9.30. The summed E-state index contributed by atoms with van der Waals surface area (Å²) in [7, 11) is 0. The summed E-state index contributed by atoms with van der Waals surface area (Å²) in [6, 6.07) is 24.7. The Balaban J connectivity index is 1.95. The predicted molar refractivity (Wildman–Crippen MR) is 103 cm³/mol. The normalized spacial score (nSPS) is 31.7. The molecule has 0 saturated carbocycles. The van der Waals surface area contributed by atoms with Crippen molar-refractivity contribution in [2.75, 3.05) is 0 Å². The minimum Gasteiger partial charge on any atom is -0.443 e. The first kappa shape index (κ1) is 18.7. The lowest BCUT2D eigenvalue weighted by atomic mass is 9.53. The van der Waals surface area contributed by atoms with Crippen molar-refractivity contribution in [3.63, 3.8) is 0 Å². The third-order valence-electron chi connectivity index (χ3n) is 6.22. The van der Waals surface area contributed by atoms with Crippen LogP contribution in [0.3, 0.4) is 0 Å². The predicted octanol–water partition coefficient (Wildman–Crippen LogP) is 3.67. The van der Waals surface area contributed by atoms with Gasteiger partial charge in [0.05, 0.1) is 24.1 Å². The molecule has 2 aliphatic heterocycles. The molecule has 4 atom stereocenters. The minimum absolute atomic E-state index is 0.239. The van der Waals surface area contributed by atoms with E-state index in [2.05, 4.69) is 18.2 Å². The number of nitrogens with zero attached hydrogens (tertiary/aromatic N) is 3. The molecule has 2 aromatic rings. The molecule has 2 saturated heterocycles. The number of nitrogens with one attached hydrogen (secondary N) is 1. The highest BCUT2D eigenvalue weighted by molar-refractivity contribution is 5.89. The lowest BCUT2D eigenvalue weighted by Crippen LogP contribution is -2.61. The maximum Gasteiger partial charge on any atom is 0.243 e. The van der Waals surface area contributed by atoms with E-state index in [9.17, 15) is 15.8 Å². The van der Waals surface area contributed by atoms with Gasteiger partial charge in [0.15, 0.2) is 10.8 Å². The summed E-state index contributed by atoms with van der Waals surface area (Å²) in [5.74, 6) is -2.54. The van der Waals surface area contributed by atoms with Gasteiger partial charge in [0.1, 0.15) is 6.10 Å². The average molecular weight is 382 g/mol. The van der Waals surface area contributed by atoms with Crippen molar-refractivity contribution in [1.82, 2.24) is 0 Å². The van der Waals surface area contributed by atoms with E-state index in [0.29, 0.717) is 5.56 Å². The van der Waals surface area contributed by atoms with Gasteiger partial charge >= 0.3 is 0 Å². The Bertz CT molecular complexity index is 1070. The molecule has 6 nitrogen and oxygen atoms in total. The number of ether oxygens (including phenoxy) is 2. The molecule has 2 bridgehead atoms. The molecule has 2 aliphatic rings. The largest absolute Gasteiger partial charge is 0.443 e. The zero-order valence-electron chi connectivity index (χ0n) is 15.8. The van der Waals surface area contributed by atoms with E-state index in [1.807, 2.05) is 60.7 Å². The number of rotatable bonds is 3. The van der Waals surface area contributed by atoms with Gasteiger partial charge in [-0.25, -0.2) is 0 Å². The molecule has 0 aromatic heterocycles. The number of hydrogen-bond donors (Lipinski definition) is 1. The number of nitriles is 3. The monoisotopic (exact) mass is 382 g/mol. The zero-order chi connectivity index (χ0) is 20.7. The molecule has 4 unspecified atom stereocenters. The molecule has 6 heteroatoms. The molecule has 2 heterocycles. The van der Waals surface area contributed by atoms with Crippen molar-refractivity contribution in [3.05, 3.63) is 71.8 Å². The van der Waals surface area contributed by atoms with Gasteiger partial charge in [0.25, 0.3) is 0 Å². The molecule has 0 amide bonds. The van der Waals surface area contributed by atoms with Crippen LogP contribution in [-0.2, 0) is 21.7 Å². The smallest absolute Gasteiger partial charge is 0.243 e. The van der Waals surface area contributed by atoms with Crippen LogP contribution in [0.1, 0.15) is 18.1 Å². The summed E-state index contributed by atoms with van der Waals surface area (Å²) in [5.41, 5.74) is -2.12. The standard InChI is InChI=1S/C23H18N4O2/c1-16-22(15-26)20(27)29-23(16,18-10-6-3-7-11-18)28-19(21(22,13-24)14-25)12-17-8-4-2-5-9-17/h2-11,16,19,27H,12H2,1H3. The third kappa shape index (κ3) is 2.20. The number of fused-ring (bicyclic) bond motifs is 2. The Labute approximate surface area is 169 Å². The minimum atomic E-state index is -1.89. The van der Waals surface area contributed by atoms with Crippen LogP contribution in [0.4, 0.5) is 0 Å². The maximum atomic E-state index is 10.2. The fourth-order valence-corrected chi connectivity index (χ4v) is 4.65. The average Bonchev–Trinajstić information content (AvgIpc) is 2.93. The molecule has 29 heavy (non-hydrogen) atoms. The van der Waals surface area contributed by atoms with Gasteiger partial charge < -0.3 is 9.47 Å². The summed E-state index contributed by atoms with van der Waals surface area (Å²) in [6.07, 6.45) is -0.720. The van der Waals surface area contributed by atoms with Crippen LogP contribution in [0.5, 0.6) is 0 Å². The van der Waals surface area contributed by atoms with Crippen LogP contribution >= 0.6 is 0 Å². The van der Waals surface area contributed by atoms with Crippen molar-refractivity contribution < 1.29 is 9.47 Å². The summed E-state index contributed by atoms with van der Waals surface area (Å²) in [5, 5.41) is 39.0. The van der Waals surface area contributed by atoms with Crippen LogP contribution < -0.4 is 0 Å². The van der Waals surface area contributed by atoms with Gasteiger partial charge in [-0.3, -0.25) is 5.41 Å². The van der Waals surface area contributed by atoms with E-state index in [0.717, 1.165) is 5.56 Å². The van der Waals surface area contributed by atoms with E-state index in [-0.39, 0.29) is 6.42 Å². The van der Waals surface area contributed by atoms with Gasteiger partial charge in [0.2, 0.25) is 11.7 Å². The van der Waals surface area contributed by atoms with E-state index in [1.54, 1.807) is 6.92 Å². The summed E-state index contributed by atoms with van der Waals surface area (Å²) < 4.78 is 12.3. The van der Waals surface area contributed by atoms with Gasteiger partial charge in [-0.05, 0) is 5.56 Å². The van der Waals surface area contributed by atoms with E-state index in [4.69, 9.17) is 14.9 Å². The summed E-state index contributed by atoms with van der Waals surface area (Å²) in [6.45, 7) is 1.71. The maximum absolute atomic E-state index is 10.2. The highest BCUT2D eigenvalue weighted by Crippen LogP contribution is 2.65. The molecule has 0 spiro atoms. The van der Waals surface area contributed by atoms with Gasteiger partial charge in [-0.2, -0.15) is 15.8 Å². The summed E-state index contributed by atoms with van der Waals surface area (Å²) in [4.78, 5) is 0. The van der Waals surface area contributed by atoms with Gasteiger partial charge in [-0.15, -0.1) is 0 Å². The van der Waals surface area contributed by atoms with Crippen molar-refractivity contribution in [1.29, 1.82) is 21.2 Å². The fraction of sp³-hybridized carbons (Fsp3) is 0.304. The lowest BCUT2D eigenvalue weighted by molar-refractivity contribution is -0.284. The molecular formula is C23H18N4O2. The number of hydrogen-bond acceptors (Lipinski definition) is 6. The molecule has 1 N–H and O–H groups in total. The van der Waals surface area contributed by atoms with Crippen LogP contribution in [0.25, 0.3) is 0 Å². The molecule has 0 radical (unpaired) electrons. The van der Waals surface area contributed by atoms with Crippen molar-refractivity contribution in [2.45, 2.75) is 25.2 Å². The lowest BCUT2D eigenvalue weighted by Gasteiger charge is -2.48. The van der Waals surface area contributed by atoms with E-state index < -0.39 is 34.5 Å². The second-order valence-corrected chi connectivity index (χ2v) is 7.43. The highest BCUT2D eigenvalue weighted by Gasteiger charge is 2.79. The second-order valence-electron chi connectivity index (χ2n) is 7.43. The molecule has 2 aromatic carbocycles. The Morgan fingerprint density at radius 1 is 0.931 bits per heavy atom. The summed E-state index contributed by atoms with van der Waals surface area (Å²) >= 11 is 0. The van der Waals surface area contributed by atoms with Crippen LogP contribution in [0.2, 0.25) is 0 Å². The third-order valence-corrected chi connectivity index (χ3v) is 6.22. The van der Waals surface area contributed by atoms with E-state index in [1.165, 1.54) is 0 Å². The quantitative estimate of drug-likeness (QED) is 0.870. The van der Waals surface area contributed by atoms with Crippen LogP contribution in [-0.4, -0.2) is 12.0 Å². The van der Waals surface area contributed by atoms with Gasteiger partial charge in [0, 0.05) is 12.0 Å². The molecule has 4 rings (SSSR count). The molecule has 142 valence electrons. The first-order chi connectivity index (χ1) is 14.0. The van der Waals surface area contributed by atoms with Crippen LogP contribution in [0.15, 0.2) is 60.7 Å².